The first kappa shape index (κ1) is 26.0. The number of nitrogens with zero attached hydrogens (tertiary/aromatic N) is 1. The lowest BCUT2D eigenvalue weighted by molar-refractivity contribution is -0.139. The third kappa shape index (κ3) is 5.22. The van der Waals surface area contributed by atoms with E-state index in [9.17, 15) is 23.1 Å². The number of hydrogen-bond donors (Lipinski definition) is 2. The van der Waals surface area contributed by atoms with Crippen LogP contribution in [0.25, 0.3) is 10.9 Å². The number of carbonyl (C=O) groups is 2. The molecule has 0 aliphatic rings. The maximum atomic E-state index is 13.0. The quantitative estimate of drug-likeness (QED) is 0.433. The number of sulfone groups is 1. The Hall–Kier alpha value is -2.59. The first-order chi connectivity index (χ1) is 16.0. The van der Waals surface area contributed by atoms with Crippen LogP contribution >= 0.6 is 23.2 Å². The van der Waals surface area contributed by atoms with Gasteiger partial charge in [0.25, 0.3) is 5.91 Å². The van der Waals surface area contributed by atoms with Crippen molar-refractivity contribution in [2.45, 2.75) is 24.8 Å². The lowest BCUT2D eigenvalue weighted by Gasteiger charge is -2.17. The third-order valence-electron chi connectivity index (χ3n) is 5.38. The molecule has 8 nitrogen and oxygen atoms in total. The lowest BCUT2D eigenvalue weighted by Crippen LogP contribution is -2.32. The Kier molecular flexibility index (Phi) is 7.92. The van der Waals surface area contributed by atoms with E-state index in [0.717, 1.165) is 11.1 Å². The van der Waals surface area contributed by atoms with Gasteiger partial charge in [0.2, 0.25) is 0 Å². The molecule has 0 saturated heterocycles. The van der Waals surface area contributed by atoms with E-state index in [0.29, 0.717) is 26.7 Å². The molecule has 0 radical (unpaired) electrons. The summed E-state index contributed by atoms with van der Waals surface area (Å²) in [5, 5.41) is 14.0. The summed E-state index contributed by atoms with van der Waals surface area (Å²) in [7, 11) is -2.16. The van der Waals surface area contributed by atoms with Gasteiger partial charge in [-0.05, 0) is 49.2 Å². The number of nitrogens with one attached hydrogen (secondary N) is 1. The second-order valence-corrected chi connectivity index (χ2v) is 10.4. The van der Waals surface area contributed by atoms with Crippen molar-refractivity contribution in [1.29, 1.82) is 0 Å². The second-order valence-electron chi connectivity index (χ2n) is 7.68. The molecule has 1 amide bonds. The van der Waals surface area contributed by atoms with E-state index < -0.39 is 40.1 Å². The van der Waals surface area contributed by atoms with Crippen LogP contribution in [0.1, 0.15) is 34.6 Å². The summed E-state index contributed by atoms with van der Waals surface area (Å²) in [5.41, 5.74) is 2.31. The zero-order chi connectivity index (χ0) is 25.2. The van der Waals surface area contributed by atoms with Gasteiger partial charge in [-0.15, -0.1) is 0 Å². The van der Waals surface area contributed by atoms with Crippen molar-refractivity contribution in [2.24, 2.45) is 7.05 Å². The van der Waals surface area contributed by atoms with Crippen molar-refractivity contribution < 1.29 is 27.9 Å². The molecule has 0 spiro atoms. The number of aromatic nitrogens is 1. The van der Waals surface area contributed by atoms with Gasteiger partial charge in [0, 0.05) is 12.4 Å². The van der Waals surface area contributed by atoms with E-state index in [1.807, 2.05) is 13.0 Å². The number of rotatable bonds is 8. The minimum Gasteiger partial charge on any atom is -0.465 e. The maximum Gasteiger partial charge on any atom is 0.321 e. The van der Waals surface area contributed by atoms with E-state index in [1.165, 1.54) is 24.3 Å². The number of benzene rings is 2. The highest BCUT2D eigenvalue weighted by Crippen LogP contribution is 2.35. The Morgan fingerprint density at radius 3 is 2.38 bits per heavy atom. The van der Waals surface area contributed by atoms with Gasteiger partial charge in [-0.25, -0.2) is 8.42 Å². The summed E-state index contributed by atoms with van der Waals surface area (Å²) < 4.78 is 31.2. The largest absolute Gasteiger partial charge is 0.465 e. The van der Waals surface area contributed by atoms with Crippen molar-refractivity contribution in [3.05, 3.63) is 63.3 Å². The summed E-state index contributed by atoms with van der Waals surface area (Å²) in [6.45, 7) is 3.07. The molecule has 2 aromatic carbocycles. The van der Waals surface area contributed by atoms with Crippen LogP contribution in [0.2, 0.25) is 10.0 Å². The molecule has 0 aliphatic heterocycles. The summed E-state index contributed by atoms with van der Waals surface area (Å²) in [4.78, 5) is 24.5. The zero-order valence-electron chi connectivity index (χ0n) is 18.8. The van der Waals surface area contributed by atoms with Gasteiger partial charge < -0.3 is 19.7 Å². The van der Waals surface area contributed by atoms with E-state index in [4.69, 9.17) is 27.9 Å². The van der Waals surface area contributed by atoms with Crippen LogP contribution in [0, 0.1) is 6.92 Å². The van der Waals surface area contributed by atoms with Crippen LogP contribution in [0.3, 0.4) is 0 Å². The summed E-state index contributed by atoms with van der Waals surface area (Å²) >= 11 is 12.6. The molecule has 34 heavy (non-hydrogen) atoms. The number of carbonyl (C=O) groups excluding carboxylic acids is 2. The van der Waals surface area contributed by atoms with Crippen LogP contribution < -0.4 is 5.32 Å². The van der Waals surface area contributed by atoms with Crippen molar-refractivity contribution in [3.63, 3.8) is 0 Å². The minimum atomic E-state index is -3.88. The second kappa shape index (κ2) is 10.4. The molecule has 11 heteroatoms. The van der Waals surface area contributed by atoms with Crippen molar-refractivity contribution >= 4 is 55.8 Å². The average molecular weight is 527 g/mol. The normalized spacial score (nSPS) is 12.5. The van der Waals surface area contributed by atoms with E-state index in [-0.39, 0.29) is 11.5 Å². The predicted octanol–water partition coefficient (Wildman–Crippen LogP) is 3.59. The molecular formula is C23H24Cl2N2O6S. The third-order valence-corrected chi connectivity index (χ3v) is 7.97. The smallest absolute Gasteiger partial charge is 0.321 e. The standard InChI is InChI=1S/C23H24Cl2N2O6S/c1-4-33-20(29)12-34(31,32)15-7-5-14(6-8-15)17(11-28)26-23(30)19-10-16-18(27(19)3)9-13(2)21(24)22(16)25/h5-10,17,28H,4,11-12H2,1-3H3,(H,26,30). The van der Waals surface area contributed by atoms with Crippen LogP contribution in [0.15, 0.2) is 41.3 Å². The number of hydrogen-bond acceptors (Lipinski definition) is 6. The molecule has 182 valence electrons. The molecule has 0 aliphatic carbocycles. The van der Waals surface area contributed by atoms with Gasteiger partial charge >= 0.3 is 5.97 Å². The average Bonchev–Trinajstić information content (AvgIpc) is 3.12. The number of ether oxygens (including phenoxy) is 1. The molecule has 0 saturated carbocycles. The van der Waals surface area contributed by atoms with Gasteiger partial charge in [0.05, 0.1) is 39.7 Å². The number of halogens is 2. The van der Waals surface area contributed by atoms with Gasteiger partial charge in [0.15, 0.2) is 15.6 Å². The fourth-order valence-corrected chi connectivity index (χ4v) is 5.13. The van der Waals surface area contributed by atoms with Crippen LogP contribution in [0.4, 0.5) is 0 Å². The number of aryl methyl sites for hydroxylation is 2. The number of fused-ring (bicyclic) bond motifs is 1. The van der Waals surface area contributed by atoms with Crippen LogP contribution in [-0.2, 0) is 26.4 Å². The SMILES string of the molecule is CCOC(=O)CS(=O)(=O)c1ccc(C(CO)NC(=O)c2cc3c(Cl)c(Cl)c(C)cc3n2C)cc1. The molecule has 0 fully saturated rings. The first-order valence-corrected chi connectivity index (χ1v) is 12.7. The number of aliphatic hydroxyl groups excluding tert-OH is 1. The molecule has 0 bridgehead atoms. The highest BCUT2D eigenvalue weighted by Gasteiger charge is 2.23. The number of aliphatic hydroxyl groups is 1. The highest BCUT2D eigenvalue weighted by atomic mass is 35.5. The Morgan fingerprint density at radius 2 is 1.79 bits per heavy atom. The molecule has 2 N–H and O–H groups in total. The lowest BCUT2D eigenvalue weighted by atomic mass is 10.1. The van der Waals surface area contributed by atoms with E-state index >= 15 is 0 Å². The summed E-state index contributed by atoms with van der Waals surface area (Å²) in [6, 6.07) is 8.24. The summed E-state index contributed by atoms with van der Waals surface area (Å²) in [5.74, 6) is -2.06. The van der Waals surface area contributed by atoms with Crippen molar-refractivity contribution in [3.8, 4) is 0 Å². The number of esters is 1. The first-order valence-electron chi connectivity index (χ1n) is 10.3. The van der Waals surface area contributed by atoms with Crippen molar-refractivity contribution in [1.82, 2.24) is 9.88 Å². The van der Waals surface area contributed by atoms with Crippen LogP contribution in [0.5, 0.6) is 0 Å². The molecule has 3 aromatic rings. The summed E-state index contributed by atoms with van der Waals surface area (Å²) in [6.07, 6.45) is 0. The fourth-order valence-electron chi connectivity index (χ4n) is 3.56. The Labute approximate surface area is 207 Å². The Morgan fingerprint density at radius 1 is 1.15 bits per heavy atom. The molecule has 1 heterocycles. The number of amides is 1. The van der Waals surface area contributed by atoms with Crippen molar-refractivity contribution in [2.75, 3.05) is 19.0 Å². The van der Waals surface area contributed by atoms with Crippen LogP contribution in [-0.4, -0.2) is 48.9 Å². The van der Waals surface area contributed by atoms with Gasteiger partial charge in [-0.2, -0.15) is 0 Å². The maximum absolute atomic E-state index is 13.0. The monoisotopic (exact) mass is 526 g/mol. The molecular weight excluding hydrogens is 503 g/mol. The van der Waals surface area contributed by atoms with Gasteiger partial charge in [-0.3, -0.25) is 9.59 Å². The van der Waals surface area contributed by atoms with Gasteiger partial charge in [0.1, 0.15) is 5.69 Å². The molecule has 1 aromatic heterocycles. The zero-order valence-corrected chi connectivity index (χ0v) is 21.1. The minimum absolute atomic E-state index is 0.0668. The molecule has 1 unspecified atom stereocenters. The van der Waals surface area contributed by atoms with E-state index in [2.05, 4.69) is 5.32 Å². The Bertz CT molecular complexity index is 1350. The topological polar surface area (TPSA) is 115 Å². The highest BCUT2D eigenvalue weighted by molar-refractivity contribution is 7.92. The van der Waals surface area contributed by atoms with Gasteiger partial charge in [-0.1, -0.05) is 35.3 Å². The molecule has 3 rings (SSSR count). The molecule has 1 atom stereocenters. The fraction of sp³-hybridized carbons (Fsp3) is 0.304. The van der Waals surface area contributed by atoms with E-state index in [1.54, 1.807) is 24.6 Å². The Balaban J connectivity index is 1.83. The predicted molar refractivity (Wildman–Crippen MR) is 130 cm³/mol.